The second kappa shape index (κ2) is 7.83. The Morgan fingerprint density at radius 1 is 1.03 bits per heavy atom. The quantitative estimate of drug-likeness (QED) is 0.682. The van der Waals surface area contributed by atoms with E-state index in [1.807, 2.05) is 66.4 Å². The number of hydrogen-bond donors (Lipinski definition) is 0. The van der Waals surface area contributed by atoms with Crippen LogP contribution >= 0.6 is 0 Å². The smallest absolute Gasteiger partial charge is 0.278 e. The molecule has 6 nitrogen and oxygen atoms in total. The van der Waals surface area contributed by atoms with Gasteiger partial charge in [-0.05, 0) is 37.1 Å². The van der Waals surface area contributed by atoms with Crippen molar-refractivity contribution in [2.24, 2.45) is 0 Å². The third-order valence-electron chi connectivity index (χ3n) is 5.25. The molecule has 0 aliphatic carbocycles. The van der Waals surface area contributed by atoms with Crippen molar-refractivity contribution in [1.82, 2.24) is 9.97 Å². The molecular weight excluding hydrogens is 364 g/mol. The van der Waals surface area contributed by atoms with Gasteiger partial charge >= 0.3 is 0 Å². The number of carbonyl (C=O) groups excluding carboxylic acids is 2. The van der Waals surface area contributed by atoms with Crippen molar-refractivity contribution in [3.63, 3.8) is 0 Å². The fourth-order valence-corrected chi connectivity index (χ4v) is 4.04. The van der Waals surface area contributed by atoms with Crippen LogP contribution in [0.25, 0.3) is 0 Å². The molecule has 2 aromatic carbocycles. The zero-order chi connectivity index (χ0) is 20.4. The second-order valence-corrected chi connectivity index (χ2v) is 7.15. The summed E-state index contributed by atoms with van der Waals surface area (Å²) < 4.78 is 0. The Labute approximate surface area is 169 Å². The fraction of sp³-hybridized carbons (Fsp3) is 0.217. The van der Waals surface area contributed by atoms with Crippen LogP contribution in [0.1, 0.15) is 42.4 Å². The molecule has 2 atom stereocenters. The van der Waals surface area contributed by atoms with Crippen molar-refractivity contribution >= 4 is 23.2 Å². The summed E-state index contributed by atoms with van der Waals surface area (Å²) >= 11 is 0. The van der Waals surface area contributed by atoms with Gasteiger partial charge in [-0.2, -0.15) is 0 Å². The Morgan fingerprint density at radius 2 is 1.76 bits per heavy atom. The van der Waals surface area contributed by atoms with Crippen molar-refractivity contribution in [3.05, 3.63) is 84.4 Å². The van der Waals surface area contributed by atoms with E-state index in [2.05, 4.69) is 9.97 Å². The zero-order valence-corrected chi connectivity index (χ0v) is 16.4. The number of amides is 2. The first-order chi connectivity index (χ1) is 14.1. The van der Waals surface area contributed by atoms with Crippen LogP contribution in [-0.2, 0) is 4.79 Å². The molecule has 1 aromatic heterocycles. The van der Waals surface area contributed by atoms with Gasteiger partial charge in [0.15, 0.2) is 0 Å². The van der Waals surface area contributed by atoms with Gasteiger partial charge in [0.1, 0.15) is 5.69 Å². The molecule has 2 amide bonds. The van der Waals surface area contributed by atoms with E-state index in [9.17, 15) is 9.59 Å². The standard InChI is InChI=1S/C23H22N4O2/c1-16-14-22(27(17(2)28)18-8-4-3-5-9-18)19-10-6-7-11-21(19)26(16)23(29)20-15-24-12-13-25-20/h3-13,15-16,22H,14H2,1-2H3/t16-,22+/m0/s1. The highest BCUT2D eigenvalue weighted by molar-refractivity contribution is 6.06. The Balaban J connectivity index is 1.79. The molecule has 0 N–H and O–H groups in total. The van der Waals surface area contributed by atoms with Crippen LogP contribution in [-0.4, -0.2) is 27.8 Å². The summed E-state index contributed by atoms with van der Waals surface area (Å²) in [6.07, 6.45) is 5.17. The summed E-state index contributed by atoms with van der Waals surface area (Å²) in [6.45, 7) is 3.58. The Kier molecular flexibility index (Phi) is 5.08. The van der Waals surface area contributed by atoms with Crippen LogP contribution < -0.4 is 9.80 Å². The molecule has 0 bridgehead atoms. The van der Waals surface area contributed by atoms with Crippen LogP contribution in [0.15, 0.2) is 73.2 Å². The van der Waals surface area contributed by atoms with Gasteiger partial charge in [0, 0.05) is 36.7 Å². The van der Waals surface area contributed by atoms with Crippen LogP contribution in [0.2, 0.25) is 0 Å². The van der Waals surface area contributed by atoms with E-state index >= 15 is 0 Å². The van der Waals surface area contributed by atoms with Gasteiger partial charge in [-0.25, -0.2) is 4.98 Å². The first-order valence-corrected chi connectivity index (χ1v) is 9.61. The maximum absolute atomic E-state index is 13.2. The van der Waals surface area contributed by atoms with Crippen LogP contribution in [0.3, 0.4) is 0 Å². The Morgan fingerprint density at radius 3 is 2.45 bits per heavy atom. The average Bonchev–Trinajstić information content (AvgIpc) is 2.75. The summed E-state index contributed by atoms with van der Waals surface area (Å²) in [7, 11) is 0. The molecule has 1 aliphatic rings. The van der Waals surface area contributed by atoms with Gasteiger partial charge in [0.25, 0.3) is 5.91 Å². The predicted molar refractivity (Wildman–Crippen MR) is 112 cm³/mol. The van der Waals surface area contributed by atoms with Crippen molar-refractivity contribution in [2.45, 2.75) is 32.4 Å². The molecule has 29 heavy (non-hydrogen) atoms. The van der Waals surface area contributed by atoms with E-state index in [0.717, 1.165) is 16.9 Å². The first kappa shape index (κ1) is 18.8. The first-order valence-electron chi connectivity index (χ1n) is 9.61. The normalized spacial score (nSPS) is 18.1. The maximum Gasteiger partial charge on any atom is 0.278 e. The van der Waals surface area contributed by atoms with E-state index in [1.165, 1.54) is 12.4 Å². The van der Waals surface area contributed by atoms with Crippen molar-refractivity contribution < 1.29 is 9.59 Å². The second-order valence-electron chi connectivity index (χ2n) is 7.15. The number of aromatic nitrogens is 2. The van der Waals surface area contributed by atoms with E-state index < -0.39 is 0 Å². The molecule has 0 radical (unpaired) electrons. The average molecular weight is 386 g/mol. The Hall–Kier alpha value is -3.54. The van der Waals surface area contributed by atoms with Gasteiger partial charge in [-0.1, -0.05) is 36.4 Å². The topological polar surface area (TPSA) is 66.4 Å². The molecule has 4 rings (SSSR count). The minimum atomic E-state index is -0.189. The summed E-state index contributed by atoms with van der Waals surface area (Å²) in [5, 5.41) is 0. The fourth-order valence-electron chi connectivity index (χ4n) is 4.04. The number of benzene rings is 2. The molecule has 0 saturated carbocycles. The summed E-state index contributed by atoms with van der Waals surface area (Å²) in [6, 6.07) is 17.1. The molecule has 3 aromatic rings. The summed E-state index contributed by atoms with van der Waals surface area (Å²) in [5.41, 5.74) is 2.90. The van der Waals surface area contributed by atoms with Crippen LogP contribution in [0.4, 0.5) is 11.4 Å². The van der Waals surface area contributed by atoms with Crippen molar-refractivity contribution in [1.29, 1.82) is 0 Å². The maximum atomic E-state index is 13.2. The number of carbonyl (C=O) groups is 2. The van der Waals surface area contributed by atoms with Gasteiger partial charge in [0.2, 0.25) is 5.91 Å². The van der Waals surface area contributed by atoms with E-state index in [-0.39, 0.29) is 23.9 Å². The summed E-state index contributed by atoms with van der Waals surface area (Å²) in [4.78, 5) is 37.6. The van der Waals surface area contributed by atoms with Gasteiger partial charge in [-0.15, -0.1) is 0 Å². The number of fused-ring (bicyclic) bond motifs is 1. The number of hydrogen-bond acceptors (Lipinski definition) is 4. The lowest BCUT2D eigenvalue weighted by atomic mass is 9.89. The van der Waals surface area contributed by atoms with Gasteiger partial charge < -0.3 is 9.80 Å². The molecule has 0 fully saturated rings. The van der Waals surface area contributed by atoms with Gasteiger partial charge in [0.05, 0.1) is 12.2 Å². The molecule has 0 unspecified atom stereocenters. The van der Waals surface area contributed by atoms with E-state index in [4.69, 9.17) is 0 Å². The van der Waals surface area contributed by atoms with Crippen molar-refractivity contribution in [3.8, 4) is 0 Å². The highest BCUT2D eigenvalue weighted by atomic mass is 16.2. The van der Waals surface area contributed by atoms with Crippen LogP contribution in [0.5, 0.6) is 0 Å². The van der Waals surface area contributed by atoms with Crippen LogP contribution in [0, 0.1) is 0 Å². The highest BCUT2D eigenvalue weighted by Gasteiger charge is 2.38. The number of rotatable bonds is 3. The lowest BCUT2D eigenvalue weighted by Gasteiger charge is -2.43. The molecule has 1 aliphatic heterocycles. The SMILES string of the molecule is CC(=O)N(c1ccccc1)[C@@H]1C[C@H](C)N(C(=O)c2cnccn2)c2ccccc21. The Bertz CT molecular complexity index is 1020. The molecule has 6 heteroatoms. The van der Waals surface area contributed by atoms with E-state index in [1.54, 1.807) is 18.0 Å². The van der Waals surface area contributed by atoms with Gasteiger partial charge in [-0.3, -0.25) is 14.6 Å². The zero-order valence-electron chi connectivity index (χ0n) is 16.4. The lowest BCUT2D eigenvalue weighted by Crippen LogP contribution is -2.47. The number of para-hydroxylation sites is 2. The largest absolute Gasteiger partial charge is 0.305 e. The third kappa shape index (κ3) is 3.49. The monoisotopic (exact) mass is 386 g/mol. The predicted octanol–water partition coefficient (Wildman–Crippen LogP) is 4.01. The van der Waals surface area contributed by atoms with Crippen molar-refractivity contribution in [2.75, 3.05) is 9.80 Å². The number of anilines is 2. The molecule has 0 saturated heterocycles. The lowest BCUT2D eigenvalue weighted by molar-refractivity contribution is -0.117. The molecule has 2 heterocycles. The highest BCUT2D eigenvalue weighted by Crippen LogP contribution is 2.42. The number of nitrogens with zero attached hydrogens (tertiary/aromatic N) is 4. The third-order valence-corrected chi connectivity index (χ3v) is 5.25. The summed E-state index contributed by atoms with van der Waals surface area (Å²) in [5.74, 6) is -0.220. The molecular formula is C23H22N4O2. The molecule has 0 spiro atoms. The minimum Gasteiger partial charge on any atom is -0.305 e. The minimum absolute atomic E-state index is 0.0306. The van der Waals surface area contributed by atoms with E-state index in [0.29, 0.717) is 12.1 Å². The molecule has 146 valence electrons.